The number of hydrogen-bond acceptors (Lipinski definition) is 2. The van der Waals surface area contributed by atoms with Crippen molar-refractivity contribution in [1.82, 2.24) is 4.98 Å². The molecule has 16 heavy (non-hydrogen) atoms. The zero-order valence-electron chi connectivity index (χ0n) is 7.88. The Morgan fingerprint density at radius 1 is 1.62 bits per heavy atom. The van der Waals surface area contributed by atoms with Crippen molar-refractivity contribution in [2.75, 3.05) is 0 Å². The van der Waals surface area contributed by atoms with E-state index in [4.69, 9.17) is 5.11 Å². The molecule has 0 aliphatic carbocycles. The molecule has 0 aromatic carbocycles. The molecule has 0 bridgehead atoms. The van der Waals surface area contributed by atoms with Crippen LogP contribution in [0.2, 0.25) is 0 Å². The van der Waals surface area contributed by atoms with E-state index in [2.05, 4.69) is 20.9 Å². The molecule has 88 valence electrons. The van der Waals surface area contributed by atoms with Crippen LogP contribution in [-0.4, -0.2) is 16.1 Å². The van der Waals surface area contributed by atoms with Gasteiger partial charge in [-0.25, -0.2) is 8.78 Å². The van der Waals surface area contributed by atoms with E-state index in [-0.39, 0.29) is 17.7 Å². The minimum atomic E-state index is -2.62. The Hall–Kier alpha value is -0.310. The molecule has 0 saturated heterocycles. The second-order valence-corrected chi connectivity index (χ2v) is 4.61. The van der Waals surface area contributed by atoms with E-state index in [9.17, 15) is 13.6 Å². The fourth-order valence-corrected chi connectivity index (χ4v) is 2.79. The van der Waals surface area contributed by atoms with Crippen LogP contribution in [0.25, 0.3) is 0 Å². The number of nitrogens with zero attached hydrogens (tertiary/aromatic N) is 1. The number of carboxylic acid groups (broad SMARTS) is 1. The first-order valence-electron chi connectivity index (χ1n) is 4.19. The minimum Gasteiger partial charge on any atom is -0.481 e. The Morgan fingerprint density at radius 3 is 2.69 bits per heavy atom. The van der Waals surface area contributed by atoms with Crippen LogP contribution < -0.4 is 0 Å². The molecular formula is C9H7BrF2INO2. The van der Waals surface area contributed by atoms with E-state index in [1.165, 1.54) is 0 Å². The number of carboxylic acids is 1. The molecule has 1 heterocycles. The number of pyridine rings is 1. The fourth-order valence-electron chi connectivity index (χ4n) is 1.16. The van der Waals surface area contributed by atoms with Gasteiger partial charge in [-0.05, 0) is 28.7 Å². The van der Waals surface area contributed by atoms with Gasteiger partial charge in [-0.2, -0.15) is 0 Å². The number of alkyl halides is 3. The van der Waals surface area contributed by atoms with Crippen molar-refractivity contribution in [3.05, 3.63) is 26.6 Å². The van der Waals surface area contributed by atoms with Gasteiger partial charge in [-0.1, -0.05) is 15.9 Å². The van der Waals surface area contributed by atoms with Crippen LogP contribution in [0.5, 0.6) is 0 Å². The van der Waals surface area contributed by atoms with Gasteiger partial charge in [-0.15, -0.1) is 0 Å². The summed E-state index contributed by atoms with van der Waals surface area (Å²) < 4.78 is 25.7. The smallest absolute Gasteiger partial charge is 0.309 e. The molecule has 0 amide bonds. The third-order valence-corrected chi connectivity index (χ3v) is 3.58. The van der Waals surface area contributed by atoms with Gasteiger partial charge in [0, 0.05) is 14.5 Å². The van der Waals surface area contributed by atoms with Crippen molar-refractivity contribution < 1.29 is 18.7 Å². The van der Waals surface area contributed by atoms with E-state index in [1.54, 1.807) is 22.6 Å². The average molecular weight is 406 g/mol. The lowest BCUT2D eigenvalue weighted by atomic mass is 10.1. The van der Waals surface area contributed by atoms with E-state index in [0.29, 0.717) is 14.6 Å². The van der Waals surface area contributed by atoms with E-state index >= 15 is 0 Å². The highest BCUT2D eigenvalue weighted by Crippen LogP contribution is 2.28. The molecule has 1 aromatic heterocycles. The molecule has 3 nitrogen and oxygen atoms in total. The summed E-state index contributed by atoms with van der Waals surface area (Å²) in [5.41, 5.74) is 0.425. The second kappa shape index (κ2) is 5.85. The molecule has 0 radical (unpaired) electrons. The van der Waals surface area contributed by atoms with Gasteiger partial charge in [0.05, 0.1) is 17.8 Å². The number of rotatable bonds is 4. The maximum atomic E-state index is 12.7. The predicted octanol–water partition coefficient (Wildman–Crippen LogP) is 3.15. The van der Waals surface area contributed by atoms with Crippen molar-refractivity contribution in [3.63, 3.8) is 0 Å². The van der Waals surface area contributed by atoms with Crippen LogP contribution in [0.1, 0.15) is 23.4 Å². The molecule has 1 rings (SSSR count). The van der Waals surface area contributed by atoms with Crippen LogP contribution in [0.15, 0.2) is 6.07 Å². The lowest BCUT2D eigenvalue weighted by Gasteiger charge is -2.09. The van der Waals surface area contributed by atoms with Crippen molar-refractivity contribution >= 4 is 44.5 Å². The summed E-state index contributed by atoms with van der Waals surface area (Å²) >= 11 is 4.92. The van der Waals surface area contributed by atoms with Gasteiger partial charge < -0.3 is 5.11 Å². The van der Waals surface area contributed by atoms with Crippen molar-refractivity contribution in [3.8, 4) is 0 Å². The predicted molar refractivity (Wildman–Crippen MR) is 65.9 cm³/mol. The van der Waals surface area contributed by atoms with E-state index in [1.807, 2.05) is 0 Å². The van der Waals surface area contributed by atoms with Gasteiger partial charge in [0.1, 0.15) is 0 Å². The zero-order chi connectivity index (χ0) is 12.3. The summed E-state index contributed by atoms with van der Waals surface area (Å²) in [4.78, 5) is 14.5. The first-order valence-corrected chi connectivity index (χ1v) is 6.39. The first kappa shape index (κ1) is 13.8. The molecule has 1 aromatic rings. The molecule has 0 spiro atoms. The lowest BCUT2D eigenvalue weighted by molar-refractivity contribution is -0.136. The van der Waals surface area contributed by atoms with Gasteiger partial charge in [-0.3, -0.25) is 9.78 Å². The fraction of sp³-hybridized carbons (Fsp3) is 0.333. The Kier molecular flexibility index (Phi) is 5.03. The van der Waals surface area contributed by atoms with Crippen LogP contribution in [0.4, 0.5) is 8.78 Å². The first-order chi connectivity index (χ1) is 7.45. The number of halogens is 4. The standard InChI is InChI=1S/C9H7BrF2INO2/c10-3-6-8(13)5(9(11)12)1-4(14-6)2-7(15)16/h1,9H,2-3H2,(H,15,16). The monoisotopic (exact) mass is 405 g/mol. The number of carbonyl (C=O) groups is 1. The summed E-state index contributed by atoms with van der Waals surface area (Å²) in [7, 11) is 0. The molecule has 0 aliphatic heterocycles. The average Bonchev–Trinajstić information content (AvgIpc) is 2.19. The number of aromatic nitrogens is 1. The number of aliphatic carboxylic acids is 1. The highest BCUT2D eigenvalue weighted by Gasteiger charge is 2.17. The Morgan fingerprint density at radius 2 is 2.25 bits per heavy atom. The second-order valence-electron chi connectivity index (χ2n) is 2.97. The van der Waals surface area contributed by atoms with Crippen LogP contribution >= 0.6 is 38.5 Å². The summed E-state index contributed by atoms with van der Waals surface area (Å²) in [6.07, 6.45) is -2.98. The molecule has 0 unspecified atom stereocenters. The topological polar surface area (TPSA) is 50.2 Å². The maximum Gasteiger partial charge on any atom is 0.309 e. The Labute approximate surface area is 113 Å². The molecule has 0 saturated carbocycles. The molecule has 7 heteroatoms. The summed E-state index contributed by atoms with van der Waals surface area (Å²) in [6.45, 7) is 0. The summed E-state index contributed by atoms with van der Waals surface area (Å²) in [5.74, 6) is -1.09. The van der Waals surface area contributed by atoms with Crippen LogP contribution in [0, 0.1) is 3.57 Å². The number of hydrogen-bond donors (Lipinski definition) is 1. The van der Waals surface area contributed by atoms with Crippen molar-refractivity contribution in [1.29, 1.82) is 0 Å². The zero-order valence-corrected chi connectivity index (χ0v) is 11.6. The van der Waals surface area contributed by atoms with Crippen LogP contribution in [0.3, 0.4) is 0 Å². The highest BCUT2D eigenvalue weighted by atomic mass is 127. The normalized spacial score (nSPS) is 10.8. The minimum absolute atomic E-state index is 0.151. The molecule has 1 N–H and O–H groups in total. The SMILES string of the molecule is O=C(O)Cc1cc(C(F)F)c(I)c(CBr)n1. The van der Waals surface area contributed by atoms with Gasteiger partial charge in [0.15, 0.2) is 0 Å². The molecule has 0 aliphatic rings. The van der Waals surface area contributed by atoms with E-state index < -0.39 is 12.4 Å². The Balaban J connectivity index is 3.22. The van der Waals surface area contributed by atoms with Gasteiger partial charge in [0.25, 0.3) is 6.43 Å². The van der Waals surface area contributed by atoms with Crippen LogP contribution in [-0.2, 0) is 16.5 Å². The third-order valence-electron chi connectivity index (χ3n) is 1.80. The van der Waals surface area contributed by atoms with E-state index in [0.717, 1.165) is 6.07 Å². The highest BCUT2D eigenvalue weighted by molar-refractivity contribution is 14.1. The lowest BCUT2D eigenvalue weighted by Crippen LogP contribution is -2.07. The van der Waals surface area contributed by atoms with Crippen molar-refractivity contribution in [2.45, 2.75) is 18.2 Å². The maximum absolute atomic E-state index is 12.7. The largest absolute Gasteiger partial charge is 0.481 e. The molecular weight excluding hydrogens is 399 g/mol. The third kappa shape index (κ3) is 3.34. The van der Waals surface area contributed by atoms with Gasteiger partial charge in [0.2, 0.25) is 0 Å². The Bertz CT molecular complexity index is 415. The summed E-state index contributed by atoms with van der Waals surface area (Å²) in [5, 5.41) is 8.91. The summed E-state index contributed by atoms with van der Waals surface area (Å²) in [6, 6.07) is 1.15. The van der Waals surface area contributed by atoms with Crippen molar-refractivity contribution in [2.24, 2.45) is 0 Å². The molecule has 0 fully saturated rings. The molecule has 0 atom stereocenters. The van der Waals surface area contributed by atoms with Gasteiger partial charge >= 0.3 is 5.97 Å². The quantitative estimate of drug-likeness (QED) is 0.618.